The zero-order valence-electron chi connectivity index (χ0n) is 18.1. The molecule has 3 heterocycles. The Morgan fingerprint density at radius 1 is 1.00 bits per heavy atom. The molecule has 160 valence electrons. The van der Waals surface area contributed by atoms with Crippen molar-refractivity contribution < 1.29 is 0 Å². The lowest BCUT2D eigenvalue weighted by molar-refractivity contribution is 1.11. The lowest BCUT2D eigenvalue weighted by Gasteiger charge is -2.16. The zero-order valence-corrected chi connectivity index (χ0v) is 18.1. The van der Waals surface area contributed by atoms with Crippen LogP contribution in [0.5, 0.6) is 0 Å². The molecule has 2 aromatic carbocycles. The zero-order chi connectivity index (χ0) is 22.5. The summed E-state index contributed by atoms with van der Waals surface area (Å²) in [5.41, 5.74) is 11.7. The van der Waals surface area contributed by atoms with Gasteiger partial charge in [0.1, 0.15) is 5.82 Å². The van der Waals surface area contributed by atoms with Gasteiger partial charge in [-0.15, -0.1) is 0 Å². The van der Waals surface area contributed by atoms with Crippen molar-refractivity contribution in [2.75, 3.05) is 18.1 Å². The fourth-order valence-electron chi connectivity index (χ4n) is 3.54. The van der Waals surface area contributed by atoms with Crippen LogP contribution in [0.4, 0.5) is 17.6 Å². The predicted molar refractivity (Wildman–Crippen MR) is 133 cm³/mol. The molecule has 32 heavy (non-hydrogen) atoms. The highest BCUT2D eigenvalue weighted by Crippen LogP contribution is 2.30. The van der Waals surface area contributed by atoms with Crippen molar-refractivity contribution in [2.45, 2.75) is 13.3 Å². The van der Waals surface area contributed by atoms with Gasteiger partial charge in [-0.05, 0) is 24.1 Å². The smallest absolute Gasteiger partial charge is 0.224 e. The van der Waals surface area contributed by atoms with Gasteiger partial charge in [-0.25, -0.2) is 9.98 Å². The van der Waals surface area contributed by atoms with Crippen LogP contribution in [0.1, 0.15) is 18.1 Å². The fraction of sp³-hybridized carbons (Fsp3) is 0.120. The van der Waals surface area contributed by atoms with Crippen molar-refractivity contribution in [2.24, 2.45) is 4.99 Å². The lowest BCUT2D eigenvalue weighted by atomic mass is 10.0. The number of nitrogen functional groups attached to an aromatic ring is 1. The highest BCUT2D eigenvalue weighted by Gasteiger charge is 2.17. The number of anilines is 2. The van der Waals surface area contributed by atoms with Gasteiger partial charge < -0.3 is 16.4 Å². The molecule has 0 fully saturated rings. The number of nitrogens with two attached hydrogens (primary N) is 1. The topological polar surface area (TPSA) is 101 Å². The van der Waals surface area contributed by atoms with Gasteiger partial charge in [-0.3, -0.25) is 0 Å². The van der Waals surface area contributed by atoms with Gasteiger partial charge in [0.2, 0.25) is 5.95 Å². The number of aromatic nitrogens is 3. The maximum absolute atomic E-state index is 5.52. The normalized spacial score (nSPS) is 11.9. The molecule has 1 aliphatic heterocycles. The van der Waals surface area contributed by atoms with Gasteiger partial charge in [-0.2, -0.15) is 9.97 Å². The summed E-state index contributed by atoms with van der Waals surface area (Å²) in [7, 11) is 1.76. The van der Waals surface area contributed by atoms with Crippen LogP contribution in [-0.2, 0) is 6.42 Å². The Bertz CT molecular complexity index is 1300. The molecule has 0 atom stereocenters. The first kappa shape index (κ1) is 21.0. The average Bonchev–Trinajstić information content (AvgIpc) is 2.83. The van der Waals surface area contributed by atoms with E-state index in [1.54, 1.807) is 7.05 Å². The number of nitrogens with one attached hydrogen (secondary N) is 2. The third-order valence-corrected chi connectivity index (χ3v) is 5.10. The number of nitrogens with zero attached hydrogens (tertiary/aromatic N) is 4. The summed E-state index contributed by atoms with van der Waals surface area (Å²) in [4.78, 5) is 16.9. The van der Waals surface area contributed by atoms with Crippen LogP contribution in [0.25, 0.3) is 27.9 Å². The van der Waals surface area contributed by atoms with Gasteiger partial charge in [-0.1, -0.05) is 62.0 Å². The first-order valence-corrected chi connectivity index (χ1v) is 10.4. The van der Waals surface area contributed by atoms with Crippen molar-refractivity contribution in [3.63, 3.8) is 0 Å². The van der Waals surface area contributed by atoms with Gasteiger partial charge >= 0.3 is 0 Å². The molecule has 7 heteroatoms. The largest absolute Gasteiger partial charge is 0.372 e. The Labute approximate surface area is 187 Å². The summed E-state index contributed by atoms with van der Waals surface area (Å²) >= 11 is 0. The molecule has 2 aromatic heterocycles. The van der Waals surface area contributed by atoms with E-state index >= 15 is 0 Å². The first-order chi connectivity index (χ1) is 15.6. The minimum atomic E-state index is 0.194. The molecule has 4 N–H and O–H groups in total. The number of hydrogen-bond donors (Lipinski definition) is 3. The standard InChI is InChI=1S/C17H15N.C8H10N6/c1-2-13-12-15-10-6-7-11-16(15)18-17(13)14-8-4-3-5-9-14;1-4-5-6(10-2)13-8(9)14-7(5)12-3-11-4/h3-12H,2H2,1H3;3H,1H2,2H3,(H4,9,10,11,12,13,14). The molecule has 0 saturated heterocycles. The molecule has 0 bridgehead atoms. The van der Waals surface area contributed by atoms with Crippen molar-refractivity contribution in [1.29, 1.82) is 0 Å². The average molecular weight is 424 g/mol. The van der Waals surface area contributed by atoms with E-state index in [0.29, 0.717) is 17.3 Å². The van der Waals surface area contributed by atoms with E-state index in [-0.39, 0.29) is 5.95 Å². The van der Waals surface area contributed by atoms with Crippen molar-refractivity contribution >= 4 is 40.5 Å². The molecule has 5 rings (SSSR count). The third kappa shape index (κ3) is 4.27. The third-order valence-electron chi connectivity index (χ3n) is 5.10. The number of pyridine rings is 1. The number of aryl methyl sites for hydroxylation is 1. The van der Waals surface area contributed by atoms with E-state index in [1.165, 1.54) is 22.9 Å². The van der Waals surface area contributed by atoms with Gasteiger partial charge in [0.25, 0.3) is 0 Å². The number of benzene rings is 2. The molecular weight excluding hydrogens is 398 g/mol. The SMILES string of the molecule is C=C1NC=Nc2nc(N)nc(NC)c21.CCc1cc2ccccc2nc1-c1ccccc1. The number of rotatable bonds is 3. The maximum atomic E-state index is 5.52. The van der Waals surface area contributed by atoms with Crippen molar-refractivity contribution in [3.8, 4) is 11.3 Å². The molecule has 0 amide bonds. The molecule has 0 unspecified atom stereocenters. The fourth-order valence-corrected chi connectivity index (χ4v) is 3.54. The second-order valence-corrected chi connectivity index (χ2v) is 7.17. The monoisotopic (exact) mass is 423 g/mol. The summed E-state index contributed by atoms with van der Waals surface area (Å²) in [6, 6.07) is 20.9. The Morgan fingerprint density at radius 3 is 2.50 bits per heavy atom. The van der Waals surface area contributed by atoms with Crippen LogP contribution < -0.4 is 16.4 Å². The summed E-state index contributed by atoms with van der Waals surface area (Å²) in [6.45, 7) is 6.01. The molecule has 0 spiro atoms. The van der Waals surface area contributed by atoms with Gasteiger partial charge in [0.05, 0.1) is 23.1 Å². The summed E-state index contributed by atoms with van der Waals surface area (Å²) < 4.78 is 0. The number of hydrogen-bond acceptors (Lipinski definition) is 7. The second kappa shape index (κ2) is 9.26. The predicted octanol–water partition coefficient (Wildman–Crippen LogP) is 4.80. The van der Waals surface area contributed by atoms with Gasteiger partial charge in [0.15, 0.2) is 5.82 Å². The highest BCUT2D eigenvalue weighted by molar-refractivity contribution is 5.89. The van der Waals surface area contributed by atoms with Gasteiger partial charge in [0, 0.05) is 23.7 Å². The van der Waals surface area contributed by atoms with Crippen LogP contribution in [-0.4, -0.2) is 28.3 Å². The summed E-state index contributed by atoms with van der Waals surface area (Å²) in [6.07, 6.45) is 2.53. The number of para-hydroxylation sites is 1. The van der Waals surface area contributed by atoms with Crippen molar-refractivity contribution in [3.05, 3.63) is 78.4 Å². The Hall–Kier alpha value is -4.26. The van der Waals surface area contributed by atoms with E-state index < -0.39 is 0 Å². The van der Waals surface area contributed by atoms with Crippen LogP contribution in [0.15, 0.2) is 72.2 Å². The van der Waals surface area contributed by atoms with E-state index in [9.17, 15) is 0 Å². The quantitative estimate of drug-likeness (QED) is 0.438. The van der Waals surface area contributed by atoms with Crippen LogP contribution >= 0.6 is 0 Å². The molecule has 0 radical (unpaired) electrons. The Morgan fingerprint density at radius 2 is 1.75 bits per heavy atom. The highest BCUT2D eigenvalue weighted by atomic mass is 15.1. The van der Waals surface area contributed by atoms with Crippen LogP contribution in [0.2, 0.25) is 0 Å². The maximum Gasteiger partial charge on any atom is 0.224 e. The van der Waals surface area contributed by atoms with Crippen LogP contribution in [0, 0.1) is 0 Å². The van der Waals surface area contributed by atoms with Crippen LogP contribution in [0.3, 0.4) is 0 Å². The molecule has 7 nitrogen and oxygen atoms in total. The van der Waals surface area contributed by atoms with E-state index in [2.05, 4.69) is 87.6 Å². The minimum absolute atomic E-state index is 0.194. The Kier molecular flexibility index (Phi) is 6.07. The number of aliphatic imine (C=N–C) groups is 1. The molecule has 1 aliphatic rings. The van der Waals surface area contributed by atoms with E-state index in [0.717, 1.165) is 23.2 Å². The molecule has 4 aromatic rings. The minimum Gasteiger partial charge on any atom is -0.372 e. The summed E-state index contributed by atoms with van der Waals surface area (Å²) in [5, 5.41) is 7.02. The summed E-state index contributed by atoms with van der Waals surface area (Å²) in [5.74, 6) is 1.35. The Balaban J connectivity index is 0.000000158. The first-order valence-electron chi connectivity index (χ1n) is 10.4. The van der Waals surface area contributed by atoms with E-state index in [4.69, 9.17) is 10.7 Å². The van der Waals surface area contributed by atoms with Crippen molar-refractivity contribution in [1.82, 2.24) is 20.3 Å². The number of fused-ring (bicyclic) bond motifs is 2. The second-order valence-electron chi connectivity index (χ2n) is 7.17. The molecular formula is C25H25N7. The molecule has 0 aliphatic carbocycles. The van der Waals surface area contributed by atoms with E-state index in [1.807, 2.05) is 12.1 Å². The lowest BCUT2D eigenvalue weighted by Crippen LogP contribution is -2.16. The molecule has 0 saturated carbocycles.